The Labute approximate surface area is 111 Å². The lowest BCUT2D eigenvalue weighted by Crippen LogP contribution is -2.64. The lowest BCUT2D eigenvalue weighted by molar-refractivity contribution is -0.148. The van der Waals surface area contributed by atoms with Crippen molar-refractivity contribution in [3.63, 3.8) is 0 Å². The number of likely N-dealkylation sites (tertiary alicyclic amines) is 1. The van der Waals surface area contributed by atoms with Gasteiger partial charge in [-0.05, 0) is 38.5 Å². The predicted octanol–water partition coefficient (Wildman–Crippen LogP) is 0.0431. The Morgan fingerprint density at radius 2 is 1.89 bits per heavy atom. The number of carbonyl (C=O) groups is 3. The third-order valence-electron chi connectivity index (χ3n) is 4.05. The van der Waals surface area contributed by atoms with Gasteiger partial charge in [-0.2, -0.15) is 0 Å². The van der Waals surface area contributed by atoms with Gasteiger partial charge in [0.2, 0.25) is 5.91 Å². The van der Waals surface area contributed by atoms with Gasteiger partial charge in [-0.25, -0.2) is 9.59 Å². The van der Waals surface area contributed by atoms with Gasteiger partial charge < -0.3 is 21.1 Å². The van der Waals surface area contributed by atoms with E-state index < -0.39 is 29.5 Å². The molecule has 1 saturated carbocycles. The number of carboxylic acids is 1. The Morgan fingerprint density at radius 3 is 2.37 bits per heavy atom. The van der Waals surface area contributed by atoms with Crippen LogP contribution in [0.4, 0.5) is 4.79 Å². The van der Waals surface area contributed by atoms with E-state index in [9.17, 15) is 19.5 Å². The zero-order valence-corrected chi connectivity index (χ0v) is 10.7. The maximum atomic E-state index is 12.2. The first-order valence-electron chi connectivity index (χ1n) is 6.58. The van der Waals surface area contributed by atoms with Gasteiger partial charge in [-0.15, -0.1) is 0 Å². The smallest absolute Gasteiger partial charge is 0.329 e. The molecule has 1 aliphatic carbocycles. The molecule has 0 spiro atoms. The molecule has 2 rings (SSSR count). The number of rotatable bonds is 3. The molecule has 3 amide bonds. The molecular formula is C12H19N3O4. The second kappa shape index (κ2) is 5.07. The fourth-order valence-electron chi connectivity index (χ4n) is 2.67. The molecule has 19 heavy (non-hydrogen) atoms. The number of amides is 3. The number of carboxylic acid groups (broad SMARTS) is 1. The minimum Gasteiger partial charge on any atom is -0.480 e. The lowest BCUT2D eigenvalue weighted by atomic mass is 9.77. The Hall–Kier alpha value is -1.79. The van der Waals surface area contributed by atoms with Gasteiger partial charge in [-0.3, -0.25) is 4.79 Å². The summed E-state index contributed by atoms with van der Waals surface area (Å²) >= 11 is 0. The molecule has 0 bridgehead atoms. The average Bonchev–Trinajstić information content (AvgIpc) is 2.33. The lowest BCUT2D eigenvalue weighted by Gasteiger charge is -2.41. The molecule has 2 aliphatic rings. The number of urea groups is 1. The maximum Gasteiger partial charge on any atom is 0.329 e. The number of aliphatic carboxylic acids is 1. The van der Waals surface area contributed by atoms with Crippen molar-refractivity contribution in [2.75, 3.05) is 6.54 Å². The first-order chi connectivity index (χ1) is 8.96. The summed E-state index contributed by atoms with van der Waals surface area (Å²) in [5.74, 6) is -1.55. The molecule has 106 valence electrons. The number of primary amides is 1. The van der Waals surface area contributed by atoms with Crippen LogP contribution in [0.3, 0.4) is 0 Å². The fraction of sp³-hybridized carbons (Fsp3) is 0.750. The molecule has 0 aromatic carbocycles. The van der Waals surface area contributed by atoms with E-state index in [1.165, 1.54) is 4.90 Å². The Bertz CT molecular complexity index is 406. The van der Waals surface area contributed by atoms with E-state index in [-0.39, 0.29) is 0 Å². The molecule has 0 aromatic rings. The van der Waals surface area contributed by atoms with Gasteiger partial charge in [0.15, 0.2) is 0 Å². The quantitative estimate of drug-likeness (QED) is 0.671. The summed E-state index contributed by atoms with van der Waals surface area (Å²) in [7, 11) is 0. The molecule has 1 unspecified atom stereocenters. The molecule has 7 heteroatoms. The minimum absolute atomic E-state index is 0.434. The molecule has 0 radical (unpaired) electrons. The van der Waals surface area contributed by atoms with Crippen molar-refractivity contribution in [2.45, 2.75) is 50.1 Å². The van der Waals surface area contributed by atoms with Crippen molar-refractivity contribution in [2.24, 2.45) is 5.73 Å². The molecular weight excluding hydrogens is 250 g/mol. The van der Waals surface area contributed by atoms with E-state index in [0.717, 1.165) is 19.3 Å². The van der Waals surface area contributed by atoms with Crippen LogP contribution >= 0.6 is 0 Å². The SMILES string of the molecule is NC(=O)C1CCCCN1C(=O)NC1(C(=O)O)CCC1. The Morgan fingerprint density at radius 1 is 1.21 bits per heavy atom. The van der Waals surface area contributed by atoms with Crippen LogP contribution in [0.15, 0.2) is 0 Å². The number of nitrogens with two attached hydrogens (primary N) is 1. The topological polar surface area (TPSA) is 113 Å². The normalized spacial score (nSPS) is 25.3. The highest BCUT2D eigenvalue weighted by Crippen LogP contribution is 2.32. The van der Waals surface area contributed by atoms with Gasteiger partial charge in [0.25, 0.3) is 0 Å². The third-order valence-corrected chi connectivity index (χ3v) is 4.05. The van der Waals surface area contributed by atoms with Crippen LogP contribution in [0.2, 0.25) is 0 Å². The van der Waals surface area contributed by atoms with Crippen molar-refractivity contribution in [1.82, 2.24) is 10.2 Å². The number of nitrogens with one attached hydrogen (secondary N) is 1. The summed E-state index contributed by atoms with van der Waals surface area (Å²) in [6.45, 7) is 0.440. The van der Waals surface area contributed by atoms with Crippen molar-refractivity contribution in [3.05, 3.63) is 0 Å². The largest absolute Gasteiger partial charge is 0.480 e. The van der Waals surface area contributed by atoms with Crippen LogP contribution in [0.1, 0.15) is 38.5 Å². The second-order valence-corrected chi connectivity index (χ2v) is 5.28. The summed E-state index contributed by atoms with van der Waals surface area (Å²) in [5, 5.41) is 11.7. The molecule has 1 atom stereocenters. The van der Waals surface area contributed by atoms with Crippen LogP contribution in [0.5, 0.6) is 0 Å². The molecule has 1 saturated heterocycles. The van der Waals surface area contributed by atoms with Crippen LogP contribution in [-0.4, -0.2) is 46.0 Å². The summed E-state index contributed by atoms with van der Waals surface area (Å²) in [6.07, 6.45) is 3.85. The third kappa shape index (κ3) is 2.50. The molecule has 0 aromatic heterocycles. The van der Waals surface area contributed by atoms with Crippen molar-refractivity contribution >= 4 is 17.9 Å². The van der Waals surface area contributed by atoms with E-state index in [4.69, 9.17) is 5.73 Å². The molecule has 2 fully saturated rings. The molecule has 7 nitrogen and oxygen atoms in total. The van der Waals surface area contributed by atoms with Crippen molar-refractivity contribution in [3.8, 4) is 0 Å². The molecule has 4 N–H and O–H groups in total. The van der Waals surface area contributed by atoms with Crippen LogP contribution in [0.25, 0.3) is 0 Å². The highest BCUT2D eigenvalue weighted by Gasteiger charge is 2.47. The van der Waals surface area contributed by atoms with Gasteiger partial charge in [0, 0.05) is 6.54 Å². The standard InChI is InChI=1S/C12H19N3O4/c13-9(16)8-4-1-2-7-15(8)11(19)14-12(10(17)18)5-3-6-12/h8H,1-7H2,(H2,13,16)(H,14,19)(H,17,18). The van der Waals surface area contributed by atoms with E-state index in [0.29, 0.717) is 25.8 Å². The fourth-order valence-corrected chi connectivity index (χ4v) is 2.67. The number of hydrogen-bond donors (Lipinski definition) is 3. The van der Waals surface area contributed by atoms with Crippen LogP contribution in [0, 0.1) is 0 Å². The van der Waals surface area contributed by atoms with Crippen LogP contribution in [-0.2, 0) is 9.59 Å². The van der Waals surface area contributed by atoms with E-state index in [1.807, 2.05) is 0 Å². The van der Waals surface area contributed by atoms with Crippen LogP contribution < -0.4 is 11.1 Å². The summed E-state index contributed by atoms with van der Waals surface area (Å²) in [6, 6.07) is -1.12. The number of hydrogen-bond acceptors (Lipinski definition) is 3. The van der Waals surface area contributed by atoms with Gasteiger partial charge in [-0.1, -0.05) is 0 Å². The second-order valence-electron chi connectivity index (χ2n) is 5.28. The zero-order chi connectivity index (χ0) is 14.0. The highest BCUT2D eigenvalue weighted by atomic mass is 16.4. The average molecular weight is 269 g/mol. The first kappa shape index (κ1) is 13.6. The summed E-state index contributed by atoms with van der Waals surface area (Å²) in [5.41, 5.74) is 4.13. The number of carbonyl (C=O) groups excluding carboxylic acids is 2. The van der Waals surface area contributed by atoms with Gasteiger partial charge >= 0.3 is 12.0 Å². The highest BCUT2D eigenvalue weighted by molar-refractivity contribution is 5.90. The van der Waals surface area contributed by atoms with Crippen molar-refractivity contribution < 1.29 is 19.5 Å². The summed E-state index contributed by atoms with van der Waals surface area (Å²) < 4.78 is 0. The van der Waals surface area contributed by atoms with E-state index >= 15 is 0 Å². The summed E-state index contributed by atoms with van der Waals surface area (Å²) in [4.78, 5) is 36.1. The molecule has 1 heterocycles. The minimum atomic E-state index is -1.16. The monoisotopic (exact) mass is 269 g/mol. The first-order valence-corrected chi connectivity index (χ1v) is 6.58. The number of nitrogens with zero attached hydrogens (tertiary/aromatic N) is 1. The van der Waals surface area contributed by atoms with E-state index in [2.05, 4.69) is 5.32 Å². The van der Waals surface area contributed by atoms with Gasteiger partial charge in [0.1, 0.15) is 11.6 Å². The van der Waals surface area contributed by atoms with E-state index in [1.54, 1.807) is 0 Å². The maximum absolute atomic E-state index is 12.2. The van der Waals surface area contributed by atoms with Crippen molar-refractivity contribution in [1.29, 1.82) is 0 Å². The Balaban J connectivity index is 2.05. The zero-order valence-electron chi connectivity index (χ0n) is 10.7. The Kier molecular flexibility index (Phi) is 3.64. The van der Waals surface area contributed by atoms with Gasteiger partial charge in [0.05, 0.1) is 0 Å². The number of piperidine rings is 1. The molecule has 1 aliphatic heterocycles. The predicted molar refractivity (Wildman–Crippen MR) is 66.3 cm³/mol.